The number of hydrogen-bond donors (Lipinski definition) is 0. The second-order valence-corrected chi connectivity index (χ2v) is 16.1. The molecule has 0 unspecified atom stereocenters. The Balaban J connectivity index is 0. The second-order valence-electron chi connectivity index (χ2n) is 16.1. The van der Waals surface area contributed by atoms with Gasteiger partial charge < -0.3 is 14.2 Å². The van der Waals surface area contributed by atoms with Gasteiger partial charge in [0.05, 0.1) is 38.1 Å². The van der Waals surface area contributed by atoms with E-state index in [1.807, 2.05) is 0 Å². The molecule has 0 aromatic rings. The van der Waals surface area contributed by atoms with Crippen LogP contribution < -0.4 is 0 Å². The molecule has 0 fully saturated rings. The average Bonchev–Trinajstić information content (AvgIpc) is 2.80. The Morgan fingerprint density at radius 1 is 0.350 bits per heavy atom. The SMILES string of the molecule is CC(C)CC(COC(C)C)(COC(C)C)COC(C)C.CC(C)CCC(CCC(C)C)(CCC(C)C)CC(C)C. The predicted octanol–water partition coefficient (Wildman–Crippen LogP) is 11.6. The van der Waals surface area contributed by atoms with Gasteiger partial charge in [-0.05, 0) is 109 Å². The van der Waals surface area contributed by atoms with Crippen LogP contribution in [0.25, 0.3) is 0 Å². The minimum absolute atomic E-state index is 0.0486. The Bertz CT molecular complexity index is 447. The highest BCUT2D eigenvalue weighted by molar-refractivity contribution is 4.83. The van der Waals surface area contributed by atoms with E-state index in [9.17, 15) is 0 Å². The maximum atomic E-state index is 5.91. The van der Waals surface area contributed by atoms with E-state index in [2.05, 4.69) is 111 Å². The van der Waals surface area contributed by atoms with Gasteiger partial charge in [-0.2, -0.15) is 0 Å². The van der Waals surface area contributed by atoms with Crippen LogP contribution in [0.2, 0.25) is 0 Å². The lowest BCUT2D eigenvalue weighted by atomic mass is 9.68. The molecule has 0 aromatic carbocycles. The van der Waals surface area contributed by atoms with Gasteiger partial charge >= 0.3 is 0 Å². The lowest BCUT2D eigenvalue weighted by Crippen LogP contribution is -2.40. The minimum atomic E-state index is -0.0486. The van der Waals surface area contributed by atoms with Crippen LogP contribution in [0.4, 0.5) is 0 Å². The molecule has 0 saturated carbocycles. The number of rotatable bonds is 22. The molecule has 0 aliphatic carbocycles. The molecule has 0 N–H and O–H groups in total. The van der Waals surface area contributed by atoms with Crippen molar-refractivity contribution >= 4 is 0 Å². The largest absolute Gasteiger partial charge is 0.378 e. The van der Waals surface area contributed by atoms with Crippen LogP contribution in [0.5, 0.6) is 0 Å². The van der Waals surface area contributed by atoms with Crippen LogP contribution >= 0.6 is 0 Å². The lowest BCUT2D eigenvalue weighted by Gasteiger charge is -2.38. The zero-order valence-electron chi connectivity index (χ0n) is 30.6. The molecule has 0 spiro atoms. The van der Waals surface area contributed by atoms with Gasteiger partial charge in [0, 0.05) is 5.41 Å². The van der Waals surface area contributed by atoms with Gasteiger partial charge in [-0.15, -0.1) is 0 Å². The predicted molar refractivity (Wildman–Crippen MR) is 179 cm³/mol. The maximum Gasteiger partial charge on any atom is 0.0570 e. The van der Waals surface area contributed by atoms with E-state index in [1.165, 1.54) is 44.9 Å². The van der Waals surface area contributed by atoms with Gasteiger partial charge in [0.1, 0.15) is 0 Å². The molecule has 0 bridgehead atoms. The summed E-state index contributed by atoms with van der Waals surface area (Å²) in [6.07, 6.45) is 11.7. The second kappa shape index (κ2) is 22.4. The molecule has 0 atom stereocenters. The van der Waals surface area contributed by atoms with Crippen LogP contribution in [-0.2, 0) is 14.2 Å². The van der Waals surface area contributed by atoms with Crippen LogP contribution in [0, 0.1) is 40.4 Å². The molecule has 0 aliphatic rings. The highest BCUT2D eigenvalue weighted by atomic mass is 16.5. The number of hydrogen-bond acceptors (Lipinski definition) is 3. The van der Waals surface area contributed by atoms with Crippen molar-refractivity contribution in [2.24, 2.45) is 40.4 Å². The summed E-state index contributed by atoms with van der Waals surface area (Å²) in [4.78, 5) is 0. The van der Waals surface area contributed by atoms with Gasteiger partial charge in [-0.3, -0.25) is 0 Å². The monoisotopic (exact) mass is 571 g/mol. The Hall–Kier alpha value is -0.120. The topological polar surface area (TPSA) is 27.7 Å². The van der Waals surface area contributed by atoms with E-state index >= 15 is 0 Å². The molecular weight excluding hydrogens is 492 g/mol. The molecule has 0 amide bonds. The Morgan fingerprint density at radius 3 is 0.800 bits per heavy atom. The van der Waals surface area contributed by atoms with Gasteiger partial charge in [0.15, 0.2) is 0 Å². The minimum Gasteiger partial charge on any atom is -0.378 e. The Labute approximate surface area is 254 Å². The molecular formula is C37H78O3. The highest BCUT2D eigenvalue weighted by Crippen LogP contribution is 2.43. The van der Waals surface area contributed by atoms with Crippen molar-refractivity contribution in [3.63, 3.8) is 0 Å². The standard InChI is InChI=1S/C20H42.C17H36O3/c1-16(2)9-12-20(15-19(7)8,13-10-17(3)4)14-11-18(5)6;1-13(2)9-17(10-18-14(3)4,11-19-15(5)6)12-20-16(7)8/h16-19H,9-15H2,1-8H3;13-16H,9-12H2,1-8H3. The summed E-state index contributed by atoms with van der Waals surface area (Å²) in [6, 6.07) is 0. The Kier molecular flexibility index (Phi) is 23.6. The van der Waals surface area contributed by atoms with Gasteiger partial charge in [0.25, 0.3) is 0 Å². The van der Waals surface area contributed by atoms with Crippen molar-refractivity contribution in [1.82, 2.24) is 0 Å². The smallest absolute Gasteiger partial charge is 0.0570 e. The van der Waals surface area contributed by atoms with Crippen molar-refractivity contribution < 1.29 is 14.2 Å². The van der Waals surface area contributed by atoms with Crippen LogP contribution in [0.3, 0.4) is 0 Å². The summed E-state index contributed by atoms with van der Waals surface area (Å²) in [5, 5.41) is 0. The fourth-order valence-corrected chi connectivity index (χ4v) is 5.53. The normalized spacial score (nSPS) is 13.2. The van der Waals surface area contributed by atoms with Crippen molar-refractivity contribution in [3.05, 3.63) is 0 Å². The quantitative estimate of drug-likeness (QED) is 0.129. The third kappa shape index (κ3) is 24.5. The molecule has 40 heavy (non-hydrogen) atoms. The molecule has 0 rings (SSSR count). The van der Waals surface area contributed by atoms with Gasteiger partial charge in [0.2, 0.25) is 0 Å². The van der Waals surface area contributed by atoms with Crippen molar-refractivity contribution in [2.75, 3.05) is 19.8 Å². The maximum absolute atomic E-state index is 5.91. The van der Waals surface area contributed by atoms with Crippen LogP contribution in [0.1, 0.15) is 162 Å². The first-order valence-electron chi connectivity index (χ1n) is 17.2. The summed E-state index contributed by atoms with van der Waals surface area (Å²) in [5.74, 6) is 3.97. The molecule has 0 aromatic heterocycles. The first-order chi connectivity index (χ1) is 18.3. The van der Waals surface area contributed by atoms with E-state index < -0.39 is 0 Å². The first kappa shape index (κ1) is 42.0. The van der Waals surface area contributed by atoms with E-state index in [4.69, 9.17) is 14.2 Å². The van der Waals surface area contributed by atoms with E-state index in [0.717, 1.165) is 30.1 Å². The molecule has 3 nitrogen and oxygen atoms in total. The van der Waals surface area contributed by atoms with Crippen molar-refractivity contribution in [3.8, 4) is 0 Å². The summed E-state index contributed by atoms with van der Waals surface area (Å²) in [5.41, 5.74) is 0.569. The third-order valence-electron chi connectivity index (χ3n) is 7.61. The Morgan fingerprint density at radius 2 is 0.600 bits per heavy atom. The van der Waals surface area contributed by atoms with E-state index in [0.29, 0.717) is 31.2 Å². The fraction of sp³-hybridized carbons (Fsp3) is 1.00. The van der Waals surface area contributed by atoms with Crippen molar-refractivity contribution in [1.29, 1.82) is 0 Å². The first-order valence-corrected chi connectivity index (χ1v) is 17.2. The van der Waals surface area contributed by atoms with Gasteiger partial charge in [-0.25, -0.2) is 0 Å². The molecule has 0 aliphatic heterocycles. The van der Waals surface area contributed by atoms with Gasteiger partial charge in [-0.1, -0.05) is 88.5 Å². The lowest BCUT2D eigenvalue weighted by molar-refractivity contribution is -0.108. The molecule has 244 valence electrons. The van der Waals surface area contributed by atoms with Crippen LogP contribution in [0.15, 0.2) is 0 Å². The fourth-order valence-electron chi connectivity index (χ4n) is 5.53. The van der Waals surface area contributed by atoms with Crippen molar-refractivity contribution in [2.45, 2.75) is 180 Å². The van der Waals surface area contributed by atoms with E-state index in [1.54, 1.807) is 0 Å². The average molecular weight is 571 g/mol. The molecule has 0 saturated heterocycles. The third-order valence-corrected chi connectivity index (χ3v) is 7.61. The summed E-state index contributed by atoms with van der Waals surface area (Å²) < 4.78 is 17.7. The van der Waals surface area contributed by atoms with E-state index in [-0.39, 0.29) is 23.7 Å². The number of ether oxygens (including phenoxy) is 3. The summed E-state index contributed by atoms with van der Waals surface area (Å²) >= 11 is 0. The zero-order valence-corrected chi connectivity index (χ0v) is 30.6. The van der Waals surface area contributed by atoms with Crippen LogP contribution in [-0.4, -0.2) is 38.1 Å². The molecule has 0 radical (unpaired) electrons. The highest BCUT2D eigenvalue weighted by Gasteiger charge is 2.34. The molecule has 3 heteroatoms. The summed E-state index contributed by atoms with van der Waals surface area (Å²) in [6.45, 7) is 38.1. The molecule has 0 heterocycles. The zero-order chi connectivity index (χ0) is 31.5. The summed E-state index contributed by atoms with van der Waals surface area (Å²) in [7, 11) is 0.